The van der Waals surface area contributed by atoms with Crippen LogP contribution < -0.4 is 5.32 Å². The summed E-state index contributed by atoms with van der Waals surface area (Å²) in [6, 6.07) is 11.4. The molecular formula is C19H18N4O2S3. The van der Waals surface area contributed by atoms with E-state index in [-0.39, 0.29) is 17.7 Å². The Labute approximate surface area is 175 Å². The minimum atomic E-state index is -0.187. The first-order valence-electron chi connectivity index (χ1n) is 8.87. The molecule has 0 spiro atoms. The molecule has 1 aliphatic rings. The third-order valence-electron chi connectivity index (χ3n) is 4.48. The van der Waals surface area contributed by atoms with Crippen LogP contribution in [-0.4, -0.2) is 40.0 Å². The van der Waals surface area contributed by atoms with Gasteiger partial charge in [0, 0.05) is 23.7 Å². The molecule has 0 aliphatic carbocycles. The molecule has 0 radical (unpaired) electrons. The molecular weight excluding hydrogens is 412 g/mol. The summed E-state index contributed by atoms with van der Waals surface area (Å²) in [5, 5.41) is 12.7. The second kappa shape index (κ2) is 8.85. The Bertz CT molecular complexity index is 927. The average molecular weight is 431 g/mol. The van der Waals surface area contributed by atoms with Gasteiger partial charge in [0.2, 0.25) is 5.91 Å². The molecule has 3 heterocycles. The molecule has 1 N–H and O–H groups in total. The van der Waals surface area contributed by atoms with Gasteiger partial charge in [-0.2, -0.15) is 0 Å². The molecule has 1 unspecified atom stereocenters. The smallest absolute Gasteiger partial charge is 0.263 e. The van der Waals surface area contributed by atoms with E-state index in [2.05, 4.69) is 15.5 Å². The summed E-state index contributed by atoms with van der Waals surface area (Å²) in [5.41, 5.74) is 2.46. The Balaban J connectivity index is 1.34. The average Bonchev–Trinajstić information content (AvgIpc) is 3.43. The van der Waals surface area contributed by atoms with Crippen molar-refractivity contribution in [3.05, 3.63) is 52.2 Å². The maximum atomic E-state index is 12.7. The van der Waals surface area contributed by atoms with Gasteiger partial charge in [0.1, 0.15) is 5.51 Å². The second-order valence-corrected chi connectivity index (χ2v) is 9.49. The lowest BCUT2D eigenvalue weighted by atomic mass is 9.97. The Morgan fingerprint density at radius 1 is 1.18 bits per heavy atom. The van der Waals surface area contributed by atoms with Crippen molar-refractivity contribution < 1.29 is 9.59 Å². The molecule has 1 fully saturated rings. The van der Waals surface area contributed by atoms with Gasteiger partial charge in [-0.05, 0) is 48.6 Å². The summed E-state index contributed by atoms with van der Waals surface area (Å²) in [5.74, 6) is -0.202. The fourth-order valence-corrected chi connectivity index (χ4v) is 5.23. The van der Waals surface area contributed by atoms with Crippen molar-refractivity contribution in [2.24, 2.45) is 5.92 Å². The Hall–Kier alpha value is -2.23. The van der Waals surface area contributed by atoms with E-state index in [0.29, 0.717) is 13.1 Å². The van der Waals surface area contributed by atoms with E-state index in [4.69, 9.17) is 0 Å². The number of rotatable bonds is 5. The predicted molar refractivity (Wildman–Crippen MR) is 112 cm³/mol. The first kappa shape index (κ1) is 19.1. The quantitative estimate of drug-likeness (QED) is 0.655. The number of likely N-dealkylation sites (tertiary alicyclic amines) is 1. The van der Waals surface area contributed by atoms with Crippen molar-refractivity contribution in [2.75, 3.05) is 18.4 Å². The minimum Gasteiger partial charge on any atom is -0.337 e. The van der Waals surface area contributed by atoms with Crippen LogP contribution in [0, 0.1) is 5.92 Å². The number of hydrogen-bond acceptors (Lipinski definition) is 7. The van der Waals surface area contributed by atoms with Gasteiger partial charge in [0.25, 0.3) is 5.91 Å². The molecule has 28 heavy (non-hydrogen) atoms. The SMILES string of the molecule is O=C(Nc1ccc(Sc2nncs2)cc1)C1CCCN(C(=O)c2cccs2)C1. The number of thiophene rings is 1. The number of nitrogens with one attached hydrogen (secondary N) is 1. The Morgan fingerprint density at radius 3 is 2.75 bits per heavy atom. The molecule has 4 rings (SSSR count). The van der Waals surface area contributed by atoms with Gasteiger partial charge in [0.15, 0.2) is 4.34 Å². The number of benzene rings is 1. The van der Waals surface area contributed by atoms with Crippen LogP contribution in [0.15, 0.2) is 56.5 Å². The zero-order chi connectivity index (χ0) is 19.3. The van der Waals surface area contributed by atoms with E-state index in [0.717, 1.165) is 32.6 Å². The molecule has 0 saturated carbocycles. The number of carbonyl (C=O) groups is 2. The Kier molecular flexibility index (Phi) is 6.04. The molecule has 1 aliphatic heterocycles. The van der Waals surface area contributed by atoms with Gasteiger partial charge >= 0.3 is 0 Å². The van der Waals surface area contributed by atoms with Crippen molar-refractivity contribution >= 4 is 51.9 Å². The number of hydrogen-bond donors (Lipinski definition) is 1. The standard InChI is InChI=1S/C19H18N4O2S3/c24-17(13-3-1-9-23(11-13)18(25)16-4-2-10-26-16)21-14-5-7-15(8-6-14)28-19-22-20-12-27-19/h2,4-8,10,12-13H,1,3,9,11H2,(H,21,24). The molecule has 0 bridgehead atoms. The van der Waals surface area contributed by atoms with Gasteiger partial charge in [-0.15, -0.1) is 21.5 Å². The van der Waals surface area contributed by atoms with Gasteiger partial charge < -0.3 is 10.2 Å². The van der Waals surface area contributed by atoms with Crippen molar-refractivity contribution in [2.45, 2.75) is 22.1 Å². The molecule has 9 heteroatoms. The normalized spacial score (nSPS) is 16.7. The third-order valence-corrected chi connectivity index (χ3v) is 7.12. The number of amides is 2. The third kappa shape index (κ3) is 4.60. The highest BCUT2D eigenvalue weighted by Crippen LogP contribution is 2.29. The Morgan fingerprint density at radius 2 is 2.04 bits per heavy atom. The molecule has 144 valence electrons. The number of anilines is 1. The van der Waals surface area contributed by atoms with Gasteiger partial charge in [-0.3, -0.25) is 9.59 Å². The number of nitrogens with zero attached hydrogens (tertiary/aromatic N) is 3. The highest BCUT2D eigenvalue weighted by atomic mass is 32.2. The van der Waals surface area contributed by atoms with Crippen LogP contribution in [0.2, 0.25) is 0 Å². The van der Waals surface area contributed by atoms with E-state index in [9.17, 15) is 9.59 Å². The fourth-order valence-electron chi connectivity index (χ4n) is 3.09. The maximum absolute atomic E-state index is 12.7. The van der Waals surface area contributed by atoms with Crippen molar-refractivity contribution in [3.8, 4) is 0 Å². The number of carbonyl (C=O) groups excluding carboxylic acids is 2. The lowest BCUT2D eigenvalue weighted by Gasteiger charge is -2.31. The zero-order valence-corrected chi connectivity index (χ0v) is 17.4. The van der Waals surface area contributed by atoms with E-state index in [1.165, 1.54) is 22.7 Å². The topological polar surface area (TPSA) is 75.2 Å². The predicted octanol–water partition coefficient (Wildman–Crippen LogP) is 4.24. The summed E-state index contributed by atoms with van der Waals surface area (Å²) in [6.07, 6.45) is 1.64. The summed E-state index contributed by atoms with van der Waals surface area (Å²) in [4.78, 5) is 28.8. The summed E-state index contributed by atoms with van der Waals surface area (Å²) >= 11 is 4.47. The van der Waals surface area contributed by atoms with Gasteiger partial charge in [0.05, 0.1) is 10.8 Å². The van der Waals surface area contributed by atoms with E-state index in [1.54, 1.807) is 22.2 Å². The van der Waals surface area contributed by atoms with Crippen LogP contribution in [0.5, 0.6) is 0 Å². The molecule has 1 atom stereocenters. The fraction of sp³-hybridized carbons (Fsp3) is 0.263. The first-order chi connectivity index (χ1) is 13.7. The zero-order valence-electron chi connectivity index (χ0n) is 14.9. The van der Waals surface area contributed by atoms with Crippen LogP contribution in [0.25, 0.3) is 0 Å². The van der Waals surface area contributed by atoms with Gasteiger partial charge in [-0.25, -0.2) is 0 Å². The number of piperidine rings is 1. The lowest BCUT2D eigenvalue weighted by Crippen LogP contribution is -2.43. The van der Waals surface area contributed by atoms with Crippen LogP contribution in [-0.2, 0) is 4.79 Å². The molecule has 1 saturated heterocycles. The number of aromatic nitrogens is 2. The van der Waals surface area contributed by atoms with Crippen molar-refractivity contribution in [3.63, 3.8) is 0 Å². The summed E-state index contributed by atoms with van der Waals surface area (Å²) in [7, 11) is 0. The van der Waals surface area contributed by atoms with Crippen LogP contribution in [0.4, 0.5) is 5.69 Å². The van der Waals surface area contributed by atoms with Crippen LogP contribution >= 0.6 is 34.4 Å². The van der Waals surface area contributed by atoms with Gasteiger partial charge in [-0.1, -0.05) is 29.2 Å². The molecule has 2 aromatic heterocycles. The highest BCUT2D eigenvalue weighted by molar-refractivity contribution is 8.01. The van der Waals surface area contributed by atoms with E-state index < -0.39 is 0 Å². The summed E-state index contributed by atoms with van der Waals surface area (Å²) < 4.78 is 0.884. The first-order valence-corrected chi connectivity index (χ1v) is 11.4. The van der Waals surface area contributed by atoms with Crippen molar-refractivity contribution in [1.82, 2.24) is 15.1 Å². The van der Waals surface area contributed by atoms with Crippen molar-refractivity contribution in [1.29, 1.82) is 0 Å². The maximum Gasteiger partial charge on any atom is 0.263 e. The molecule has 2 amide bonds. The van der Waals surface area contributed by atoms with E-state index in [1.807, 2.05) is 41.8 Å². The molecule has 1 aromatic carbocycles. The van der Waals surface area contributed by atoms with Crippen LogP contribution in [0.1, 0.15) is 22.5 Å². The van der Waals surface area contributed by atoms with E-state index >= 15 is 0 Å². The minimum absolute atomic E-state index is 0.0190. The summed E-state index contributed by atoms with van der Waals surface area (Å²) in [6.45, 7) is 1.17. The monoisotopic (exact) mass is 430 g/mol. The second-order valence-electron chi connectivity index (χ2n) is 6.39. The molecule has 6 nitrogen and oxygen atoms in total. The van der Waals surface area contributed by atoms with Crippen LogP contribution in [0.3, 0.4) is 0 Å². The lowest BCUT2D eigenvalue weighted by molar-refractivity contribution is -0.121. The largest absolute Gasteiger partial charge is 0.337 e. The molecule has 3 aromatic rings. The highest BCUT2D eigenvalue weighted by Gasteiger charge is 2.29.